The highest BCUT2D eigenvalue weighted by Gasteiger charge is 2.27. The Kier molecular flexibility index (Phi) is 5.70. The summed E-state index contributed by atoms with van der Waals surface area (Å²) < 4.78 is 10.7. The van der Waals surface area contributed by atoms with E-state index in [1.807, 2.05) is 32.9 Å². The van der Waals surface area contributed by atoms with Gasteiger partial charge in [0.15, 0.2) is 0 Å². The Balaban J connectivity index is 2.02. The SMILES string of the molecule is COc1ccccc1C(=O)N1CCCN(C(=O)OC(C)(C)C)CC1. The minimum Gasteiger partial charge on any atom is -0.496 e. The first kappa shape index (κ1) is 18.1. The van der Waals surface area contributed by atoms with Crippen LogP contribution in [-0.2, 0) is 4.74 Å². The van der Waals surface area contributed by atoms with E-state index in [0.717, 1.165) is 6.42 Å². The second kappa shape index (κ2) is 7.55. The quantitative estimate of drug-likeness (QED) is 0.834. The molecule has 1 heterocycles. The van der Waals surface area contributed by atoms with Crippen molar-refractivity contribution in [2.24, 2.45) is 0 Å². The number of hydrogen-bond acceptors (Lipinski definition) is 4. The molecular weight excluding hydrogens is 308 g/mol. The summed E-state index contributed by atoms with van der Waals surface area (Å²) in [7, 11) is 1.55. The lowest BCUT2D eigenvalue weighted by Gasteiger charge is -2.26. The number of benzene rings is 1. The van der Waals surface area contributed by atoms with Gasteiger partial charge in [-0.1, -0.05) is 12.1 Å². The molecule has 0 radical (unpaired) electrons. The third-order valence-corrected chi connectivity index (χ3v) is 3.77. The third kappa shape index (κ3) is 4.63. The predicted octanol–water partition coefficient (Wildman–Crippen LogP) is 2.78. The van der Waals surface area contributed by atoms with Gasteiger partial charge >= 0.3 is 6.09 Å². The molecule has 6 nitrogen and oxygen atoms in total. The van der Waals surface area contributed by atoms with Crippen LogP contribution in [0.4, 0.5) is 4.79 Å². The van der Waals surface area contributed by atoms with Crippen LogP contribution in [0, 0.1) is 0 Å². The maximum atomic E-state index is 12.7. The molecule has 0 N–H and O–H groups in total. The van der Waals surface area contributed by atoms with Gasteiger partial charge in [0.25, 0.3) is 5.91 Å². The smallest absolute Gasteiger partial charge is 0.410 e. The first-order valence-electron chi connectivity index (χ1n) is 8.22. The van der Waals surface area contributed by atoms with Crippen LogP contribution in [-0.4, -0.2) is 60.7 Å². The van der Waals surface area contributed by atoms with Crippen molar-refractivity contribution in [3.05, 3.63) is 29.8 Å². The van der Waals surface area contributed by atoms with Crippen molar-refractivity contribution < 1.29 is 19.1 Å². The lowest BCUT2D eigenvalue weighted by molar-refractivity contribution is 0.0255. The zero-order chi connectivity index (χ0) is 17.7. The van der Waals surface area contributed by atoms with Crippen molar-refractivity contribution in [3.8, 4) is 5.75 Å². The summed E-state index contributed by atoms with van der Waals surface area (Å²) in [5.74, 6) is 0.495. The average Bonchev–Trinajstić information content (AvgIpc) is 2.78. The van der Waals surface area contributed by atoms with Crippen LogP contribution in [0.15, 0.2) is 24.3 Å². The largest absolute Gasteiger partial charge is 0.496 e. The lowest BCUT2D eigenvalue weighted by atomic mass is 10.1. The number of ether oxygens (including phenoxy) is 2. The maximum absolute atomic E-state index is 12.7. The molecule has 132 valence electrons. The van der Waals surface area contributed by atoms with Gasteiger partial charge in [0.1, 0.15) is 11.4 Å². The van der Waals surface area contributed by atoms with Gasteiger partial charge in [0.2, 0.25) is 0 Å². The van der Waals surface area contributed by atoms with Crippen molar-refractivity contribution in [1.29, 1.82) is 0 Å². The summed E-state index contributed by atoms with van der Waals surface area (Å²) in [6.07, 6.45) is 0.397. The summed E-state index contributed by atoms with van der Waals surface area (Å²) in [6.45, 7) is 7.69. The molecule has 1 fully saturated rings. The maximum Gasteiger partial charge on any atom is 0.410 e. The van der Waals surface area contributed by atoms with Gasteiger partial charge in [-0.15, -0.1) is 0 Å². The molecule has 0 atom stereocenters. The Morgan fingerprint density at radius 2 is 1.62 bits per heavy atom. The Hall–Kier alpha value is -2.24. The van der Waals surface area contributed by atoms with Crippen LogP contribution in [0.3, 0.4) is 0 Å². The number of carbonyl (C=O) groups is 2. The summed E-state index contributed by atoms with van der Waals surface area (Å²) in [4.78, 5) is 28.4. The molecule has 1 aromatic carbocycles. The summed E-state index contributed by atoms with van der Waals surface area (Å²) in [6, 6.07) is 7.19. The molecule has 24 heavy (non-hydrogen) atoms. The third-order valence-electron chi connectivity index (χ3n) is 3.77. The number of carbonyl (C=O) groups excluding carboxylic acids is 2. The summed E-state index contributed by atoms with van der Waals surface area (Å²) in [5, 5.41) is 0. The first-order valence-corrected chi connectivity index (χ1v) is 8.22. The van der Waals surface area contributed by atoms with E-state index in [2.05, 4.69) is 0 Å². The number of nitrogens with zero attached hydrogens (tertiary/aromatic N) is 2. The van der Waals surface area contributed by atoms with Crippen molar-refractivity contribution in [2.75, 3.05) is 33.3 Å². The standard InChI is InChI=1S/C18H26N2O4/c1-18(2,3)24-17(22)20-11-7-10-19(12-13-20)16(21)14-8-5-6-9-15(14)23-4/h5-6,8-9H,7,10-13H2,1-4H3. The molecule has 2 amide bonds. The molecule has 0 aliphatic carbocycles. The Morgan fingerprint density at radius 1 is 1.00 bits per heavy atom. The fourth-order valence-corrected chi connectivity index (χ4v) is 2.62. The molecule has 1 saturated heterocycles. The minimum atomic E-state index is -0.518. The van der Waals surface area contributed by atoms with Crippen LogP contribution in [0.2, 0.25) is 0 Å². The molecule has 6 heteroatoms. The van der Waals surface area contributed by atoms with E-state index in [4.69, 9.17) is 9.47 Å². The molecular formula is C18H26N2O4. The molecule has 1 aliphatic heterocycles. The summed E-state index contributed by atoms with van der Waals surface area (Å²) >= 11 is 0. The number of hydrogen-bond donors (Lipinski definition) is 0. The molecule has 0 bridgehead atoms. The predicted molar refractivity (Wildman–Crippen MR) is 91.3 cm³/mol. The Bertz CT molecular complexity index is 595. The number of methoxy groups -OCH3 is 1. The number of rotatable bonds is 2. The van der Waals surface area contributed by atoms with Crippen LogP contribution in [0.5, 0.6) is 5.75 Å². The Morgan fingerprint density at radius 3 is 2.29 bits per heavy atom. The van der Waals surface area contributed by atoms with Gasteiger partial charge in [0, 0.05) is 26.2 Å². The van der Waals surface area contributed by atoms with Crippen molar-refractivity contribution in [3.63, 3.8) is 0 Å². The topological polar surface area (TPSA) is 59.1 Å². The molecule has 0 saturated carbocycles. The van der Waals surface area contributed by atoms with Crippen LogP contribution < -0.4 is 4.74 Å². The average molecular weight is 334 g/mol. The van der Waals surface area contributed by atoms with E-state index < -0.39 is 5.60 Å². The molecule has 2 rings (SSSR count). The van der Waals surface area contributed by atoms with E-state index >= 15 is 0 Å². The fraction of sp³-hybridized carbons (Fsp3) is 0.556. The van der Waals surface area contributed by atoms with Crippen LogP contribution >= 0.6 is 0 Å². The molecule has 1 aromatic rings. The first-order chi connectivity index (χ1) is 11.3. The fourth-order valence-electron chi connectivity index (χ4n) is 2.62. The van der Waals surface area contributed by atoms with Crippen LogP contribution in [0.1, 0.15) is 37.6 Å². The van der Waals surface area contributed by atoms with Crippen molar-refractivity contribution in [1.82, 2.24) is 9.80 Å². The highest BCUT2D eigenvalue weighted by molar-refractivity contribution is 5.97. The lowest BCUT2D eigenvalue weighted by Crippen LogP contribution is -2.40. The number of amides is 2. The minimum absolute atomic E-state index is 0.0708. The van der Waals surface area contributed by atoms with Gasteiger partial charge in [-0.05, 0) is 39.3 Å². The highest BCUT2D eigenvalue weighted by Crippen LogP contribution is 2.20. The number of para-hydroxylation sites is 1. The van der Waals surface area contributed by atoms with E-state index in [9.17, 15) is 9.59 Å². The van der Waals surface area contributed by atoms with Crippen LogP contribution in [0.25, 0.3) is 0 Å². The zero-order valence-corrected chi connectivity index (χ0v) is 14.9. The van der Waals surface area contributed by atoms with E-state index in [-0.39, 0.29) is 12.0 Å². The van der Waals surface area contributed by atoms with E-state index in [1.165, 1.54) is 0 Å². The van der Waals surface area contributed by atoms with Gasteiger partial charge < -0.3 is 19.3 Å². The zero-order valence-electron chi connectivity index (χ0n) is 14.9. The molecule has 0 aromatic heterocycles. The highest BCUT2D eigenvalue weighted by atomic mass is 16.6. The van der Waals surface area contributed by atoms with E-state index in [1.54, 1.807) is 29.0 Å². The molecule has 0 unspecified atom stereocenters. The van der Waals surface area contributed by atoms with Gasteiger partial charge in [-0.2, -0.15) is 0 Å². The second-order valence-electron chi connectivity index (χ2n) is 6.81. The van der Waals surface area contributed by atoms with Crippen molar-refractivity contribution >= 4 is 12.0 Å². The normalized spacial score (nSPS) is 15.7. The molecule has 0 spiro atoms. The van der Waals surface area contributed by atoms with Gasteiger partial charge in [-0.3, -0.25) is 4.79 Å². The molecule has 1 aliphatic rings. The monoisotopic (exact) mass is 334 g/mol. The second-order valence-corrected chi connectivity index (χ2v) is 6.81. The van der Waals surface area contributed by atoms with Gasteiger partial charge in [-0.25, -0.2) is 4.79 Å². The Labute approximate surface area is 143 Å². The van der Waals surface area contributed by atoms with Crippen molar-refractivity contribution in [2.45, 2.75) is 32.8 Å². The van der Waals surface area contributed by atoms with Gasteiger partial charge in [0.05, 0.1) is 12.7 Å². The summed E-state index contributed by atoms with van der Waals surface area (Å²) in [5.41, 5.74) is 0.0294. The van der Waals surface area contributed by atoms with E-state index in [0.29, 0.717) is 37.5 Å².